The molecule has 3 aromatic heterocycles. The Hall–Kier alpha value is -2.94. The summed E-state index contributed by atoms with van der Waals surface area (Å²) in [6.45, 7) is 2.04. The lowest BCUT2D eigenvalue weighted by molar-refractivity contribution is -0.117. The highest BCUT2D eigenvalue weighted by molar-refractivity contribution is 7.98. The van der Waals surface area contributed by atoms with E-state index in [4.69, 9.17) is 0 Å². The van der Waals surface area contributed by atoms with Crippen LogP contribution in [0.2, 0.25) is 0 Å². The normalized spacial score (nSPS) is 18.5. The molecule has 2 N–H and O–H groups in total. The fourth-order valence-electron chi connectivity index (χ4n) is 3.68. The molecule has 0 radical (unpaired) electrons. The third-order valence-corrected chi connectivity index (χ3v) is 6.19. The van der Waals surface area contributed by atoms with Crippen LogP contribution in [-0.2, 0) is 4.79 Å². The van der Waals surface area contributed by atoms with Crippen LogP contribution < -0.4 is 5.32 Å². The summed E-state index contributed by atoms with van der Waals surface area (Å²) in [6, 6.07) is 5.38. The summed E-state index contributed by atoms with van der Waals surface area (Å²) in [5.74, 6) is -0.925. The molecule has 5 rings (SSSR count). The number of amides is 1. The van der Waals surface area contributed by atoms with Crippen LogP contribution in [0.4, 0.5) is 14.6 Å². The molecule has 29 heavy (non-hydrogen) atoms. The predicted octanol–water partition coefficient (Wildman–Crippen LogP) is 4.47. The molecule has 0 aliphatic heterocycles. The molecule has 9 heteroatoms. The maximum atomic E-state index is 14.6. The summed E-state index contributed by atoms with van der Waals surface area (Å²) in [6.07, 6.45) is 5.84. The fourth-order valence-corrected chi connectivity index (χ4v) is 4.38. The molecule has 4 aromatic rings. The quantitative estimate of drug-likeness (QED) is 0.484. The minimum Gasteiger partial charge on any atom is -0.309 e. The number of nitrogens with one attached hydrogen (secondary N) is 2. The second kappa shape index (κ2) is 6.55. The van der Waals surface area contributed by atoms with E-state index in [1.807, 2.05) is 13.0 Å². The summed E-state index contributed by atoms with van der Waals surface area (Å²) < 4.78 is 30.6. The summed E-state index contributed by atoms with van der Waals surface area (Å²) in [7, 11) is 0. The maximum absolute atomic E-state index is 14.6. The van der Waals surface area contributed by atoms with Crippen LogP contribution in [0.3, 0.4) is 0 Å². The van der Waals surface area contributed by atoms with Crippen LogP contribution in [0.1, 0.15) is 13.3 Å². The molecule has 0 spiro atoms. The molecule has 2 atom stereocenters. The van der Waals surface area contributed by atoms with Crippen molar-refractivity contribution in [3.63, 3.8) is 0 Å². The second-order valence-corrected chi connectivity index (χ2v) is 8.13. The van der Waals surface area contributed by atoms with Crippen LogP contribution in [0.15, 0.2) is 35.5 Å². The number of H-pyrrole nitrogens is 1. The van der Waals surface area contributed by atoms with Crippen LogP contribution >= 0.6 is 11.8 Å². The number of anilines is 1. The topological polar surface area (TPSA) is 75.1 Å². The van der Waals surface area contributed by atoms with Crippen molar-refractivity contribution in [3.8, 4) is 11.1 Å². The van der Waals surface area contributed by atoms with Crippen molar-refractivity contribution in [3.05, 3.63) is 42.2 Å². The lowest BCUT2D eigenvalue weighted by atomic mass is 10.0. The second-order valence-electron chi connectivity index (χ2n) is 7.32. The number of carbonyl (C=O) groups is 1. The van der Waals surface area contributed by atoms with Crippen LogP contribution in [-0.4, -0.2) is 32.0 Å². The Balaban J connectivity index is 1.60. The molecule has 3 heterocycles. The first kappa shape index (κ1) is 18.1. The van der Waals surface area contributed by atoms with Crippen molar-refractivity contribution < 1.29 is 13.6 Å². The predicted molar refractivity (Wildman–Crippen MR) is 108 cm³/mol. The third kappa shape index (κ3) is 2.88. The number of hydrogen-bond acceptors (Lipinski definition) is 4. The minimum atomic E-state index is -0.935. The number of benzene rings is 1. The van der Waals surface area contributed by atoms with Crippen LogP contribution in [0.5, 0.6) is 0 Å². The van der Waals surface area contributed by atoms with Gasteiger partial charge in [0.25, 0.3) is 0 Å². The van der Waals surface area contributed by atoms with Gasteiger partial charge in [0.05, 0.1) is 16.6 Å². The van der Waals surface area contributed by atoms with E-state index in [1.54, 1.807) is 29.1 Å². The van der Waals surface area contributed by atoms with E-state index in [2.05, 4.69) is 20.6 Å². The first-order chi connectivity index (χ1) is 14.0. The van der Waals surface area contributed by atoms with Gasteiger partial charge in [-0.05, 0) is 36.3 Å². The molecule has 1 aliphatic rings. The van der Waals surface area contributed by atoms with Crippen molar-refractivity contribution in [1.82, 2.24) is 19.8 Å². The molecule has 2 unspecified atom stereocenters. The standard InChI is InChI=1S/C20H17F2N5OS/c1-9-5-12(9)20(28)24-14-7-11-6-10(3-4-27(11)26-14)15-13-8-23-25-18(13)16(21)17(22)19(15)29-2/h3-4,6-9,12H,5H2,1-2H3,(H,23,25)(H,24,26,28). The van der Waals surface area contributed by atoms with E-state index in [0.717, 1.165) is 23.7 Å². The van der Waals surface area contributed by atoms with Gasteiger partial charge in [0.2, 0.25) is 5.91 Å². The van der Waals surface area contributed by atoms with Crippen LogP contribution in [0, 0.1) is 23.5 Å². The SMILES string of the molecule is CSc1c(F)c(F)c2[nH]ncc2c1-c1ccn2nc(NC(=O)C3CC3C)cc2c1. The average Bonchev–Trinajstić information content (AvgIpc) is 3.09. The number of thioether (sulfide) groups is 1. The molecule has 1 fully saturated rings. The average molecular weight is 413 g/mol. The summed E-state index contributed by atoms with van der Waals surface area (Å²) in [5.41, 5.74) is 2.05. The molecule has 1 aromatic carbocycles. The highest BCUT2D eigenvalue weighted by atomic mass is 32.2. The number of aromatic nitrogens is 4. The zero-order valence-electron chi connectivity index (χ0n) is 15.7. The van der Waals surface area contributed by atoms with E-state index in [1.165, 1.54) is 6.20 Å². The number of rotatable bonds is 4. The van der Waals surface area contributed by atoms with Gasteiger partial charge in [-0.3, -0.25) is 9.89 Å². The molecule has 0 bridgehead atoms. The Morgan fingerprint density at radius 3 is 2.86 bits per heavy atom. The largest absolute Gasteiger partial charge is 0.309 e. The van der Waals surface area contributed by atoms with E-state index in [-0.39, 0.29) is 22.2 Å². The molecule has 0 saturated heterocycles. The third-order valence-electron chi connectivity index (χ3n) is 5.40. The molecular formula is C20H17F2N5OS. The first-order valence-corrected chi connectivity index (χ1v) is 10.4. The number of aromatic amines is 1. The molecule has 6 nitrogen and oxygen atoms in total. The van der Waals surface area contributed by atoms with Gasteiger partial charge in [-0.2, -0.15) is 10.2 Å². The van der Waals surface area contributed by atoms with Crippen molar-refractivity contribution in [2.45, 2.75) is 18.2 Å². The minimum absolute atomic E-state index is 0.0217. The van der Waals surface area contributed by atoms with Crippen molar-refractivity contribution in [2.24, 2.45) is 11.8 Å². The van der Waals surface area contributed by atoms with Crippen molar-refractivity contribution in [1.29, 1.82) is 0 Å². The number of hydrogen-bond donors (Lipinski definition) is 2. The van der Waals surface area contributed by atoms with Gasteiger partial charge < -0.3 is 5.32 Å². The number of carbonyl (C=O) groups excluding carboxylic acids is 1. The lowest BCUT2D eigenvalue weighted by Gasteiger charge is -2.12. The number of fused-ring (bicyclic) bond motifs is 2. The lowest BCUT2D eigenvalue weighted by Crippen LogP contribution is -2.14. The number of halogens is 2. The van der Waals surface area contributed by atoms with Gasteiger partial charge in [-0.1, -0.05) is 6.92 Å². The molecule has 1 aliphatic carbocycles. The van der Waals surface area contributed by atoms with Crippen LogP contribution in [0.25, 0.3) is 27.5 Å². The Labute approximate surface area is 168 Å². The number of pyridine rings is 1. The molecule has 148 valence electrons. The maximum Gasteiger partial charge on any atom is 0.228 e. The first-order valence-electron chi connectivity index (χ1n) is 9.16. The summed E-state index contributed by atoms with van der Waals surface area (Å²) >= 11 is 1.14. The van der Waals surface area contributed by atoms with E-state index < -0.39 is 11.6 Å². The summed E-state index contributed by atoms with van der Waals surface area (Å²) in [4.78, 5) is 12.4. The Bertz CT molecular complexity index is 1280. The highest BCUT2D eigenvalue weighted by Crippen LogP contribution is 2.40. The molecule has 1 amide bonds. The zero-order valence-corrected chi connectivity index (χ0v) is 16.5. The Kier molecular flexibility index (Phi) is 4.09. The van der Waals surface area contributed by atoms with E-state index in [9.17, 15) is 13.6 Å². The Morgan fingerprint density at radius 2 is 2.14 bits per heavy atom. The summed E-state index contributed by atoms with van der Waals surface area (Å²) in [5, 5.41) is 14.2. The van der Waals surface area contributed by atoms with Crippen molar-refractivity contribution in [2.75, 3.05) is 11.6 Å². The smallest absolute Gasteiger partial charge is 0.228 e. The van der Waals surface area contributed by atoms with E-state index >= 15 is 0 Å². The number of nitrogens with zero attached hydrogens (tertiary/aromatic N) is 3. The zero-order chi connectivity index (χ0) is 20.3. The fraction of sp³-hybridized carbons (Fsp3) is 0.250. The van der Waals surface area contributed by atoms with Gasteiger partial charge in [0, 0.05) is 29.1 Å². The Morgan fingerprint density at radius 1 is 1.34 bits per heavy atom. The molecular weight excluding hydrogens is 396 g/mol. The van der Waals surface area contributed by atoms with E-state index in [0.29, 0.717) is 28.2 Å². The monoisotopic (exact) mass is 413 g/mol. The van der Waals surface area contributed by atoms with Gasteiger partial charge in [0.1, 0.15) is 5.52 Å². The van der Waals surface area contributed by atoms with Gasteiger partial charge >= 0.3 is 0 Å². The molecule has 1 saturated carbocycles. The van der Waals surface area contributed by atoms with Gasteiger partial charge in [0.15, 0.2) is 17.5 Å². The van der Waals surface area contributed by atoms with Gasteiger partial charge in [-0.25, -0.2) is 13.3 Å². The van der Waals surface area contributed by atoms with Gasteiger partial charge in [-0.15, -0.1) is 11.8 Å². The highest BCUT2D eigenvalue weighted by Gasteiger charge is 2.39. The van der Waals surface area contributed by atoms with Crippen molar-refractivity contribution >= 4 is 39.9 Å².